The van der Waals surface area contributed by atoms with E-state index in [4.69, 9.17) is 16.3 Å². The molecule has 2 rings (SSSR count). The molecule has 5 heteroatoms. The zero-order chi connectivity index (χ0) is 16.7. The molecule has 2 aromatic rings. The van der Waals surface area contributed by atoms with E-state index in [1.807, 2.05) is 50.4 Å². The van der Waals surface area contributed by atoms with E-state index in [0.29, 0.717) is 29.5 Å². The van der Waals surface area contributed by atoms with E-state index >= 15 is 0 Å². The van der Waals surface area contributed by atoms with Crippen LogP contribution in [-0.4, -0.2) is 25.5 Å². The highest BCUT2D eigenvalue weighted by atomic mass is 35.5. The van der Waals surface area contributed by atoms with Gasteiger partial charge in [0, 0.05) is 23.2 Å². The minimum Gasteiger partial charge on any atom is -0.489 e. The molecule has 0 aliphatic carbocycles. The van der Waals surface area contributed by atoms with Gasteiger partial charge in [-0.25, -0.2) is 0 Å². The first-order valence-electron chi connectivity index (χ1n) is 7.51. The van der Waals surface area contributed by atoms with E-state index in [1.165, 1.54) is 0 Å². The largest absolute Gasteiger partial charge is 0.489 e. The van der Waals surface area contributed by atoms with Gasteiger partial charge < -0.3 is 15.4 Å². The molecule has 1 amide bonds. The maximum absolute atomic E-state index is 12.1. The van der Waals surface area contributed by atoms with Gasteiger partial charge in [-0.15, -0.1) is 0 Å². The molecule has 0 aliphatic heterocycles. The van der Waals surface area contributed by atoms with Crippen molar-refractivity contribution >= 4 is 17.5 Å². The summed E-state index contributed by atoms with van der Waals surface area (Å²) in [5, 5.41) is 6.66. The number of benzene rings is 2. The Kier molecular flexibility index (Phi) is 6.44. The van der Waals surface area contributed by atoms with Crippen LogP contribution in [0.5, 0.6) is 5.75 Å². The van der Waals surface area contributed by atoms with Crippen molar-refractivity contribution in [1.29, 1.82) is 0 Å². The summed E-state index contributed by atoms with van der Waals surface area (Å²) in [7, 11) is 1.86. The Balaban J connectivity index is 1.93. The summed E-state index contributed by atoms with van der Waals surface area (Å²) in [5.74, 6) is 0.554. The van der Waals surface area contributed by atoms with Crippen molar-refractivity contribution in [1.82, 2.24) is 10.6 Å². The molecule has 0 spiro atoms. The number of hydrogen-bond acceptors (Lipinski definition) is 3. The summed E-state index contributed by atoms with van der Waals surface area (Å²) in [6.07, 6.45) is 0. The second-order valence-corrected chi connectivity index (χ2v) is 5.78. The molecule has 0 radical (unpaired) electrons. The molecule has 0 saturated carbocycles. The fourth-order valence-electron chi connectivity index (χ4n) is 1.92. The predicted molar refractivity (Wildman–Crippen MR) is 93.1 cm³/mol. The third kappa shape index (κ3) is 5.58. The maximum atomic E-state index is 12.1. The molecule has 0 saturated heterocycles. The fourth-order valence-corrected chi connectivity index (χ4v) is 2.05. The molecule has 0 heterocycles. The molecular weight excluding hydrogens is 312 g/mol. The normalized spacial score (nSPS) is 11.8. The van der Waals surface area contributed by atoms with Crippen LogP contribution in [0.1, 0.15) is 22.8 Å². The third-order valence-electron chi connectivity index (χ3n) is 3.48. The van der Waals surface area contributed by atoms with Crippen LogP contribution in [0.15, 0.2) is 48.5 Å². The maximum Gasteiger partial charge on any atom is 0.251 e. The van der Waals surface area contributed by atoms with Gasteiger partial charge in [-0.3, -0.25) is 4.79 Å². The molecule has 122 valence electrons. The summed E-state index contributed by atoms with van der Waals surface area (Å²) in [6.45, 7) is 3.01. The highest BCUT2D eigenvalue weighted by molar-refractivity contribution is 6.30. The van der Waals surface area contributed by atoms with Gasteiger partial charge >= 0.3 is 0 Å². The molecule has 2 aromatic carbocycles. The number of ether oxygens (including phenoxy) is 1. The Bertz CT molecular complexity index is 644. The number of rotatable bonds is 7. The lowest BCUT2D eigenvalue weighted by Gasteiger charge is -2.12. The molecular formula is C18H21ClN2O2. The number of amides is 1. The van der Waals surface area contributed by atoms with Crippen LogP contribution in [0.3, 0.4) is 0 Å². The Morgan fingerprint density at radius 3 is 2.65 bits per heavy atom. The standard InChI is InChI=1S/C18H21ClN2O2/c1-13(20-2)11-21-18(22)15-4-3-5-17(10-15)23-12-14-6-8-16(19)9-7-14/h3-10,13,20H,11-12H2,1-2H3,(H,21,22). The van der Waals surface area contributed by atoms with Crippen LogP contribution in [-0.2, 0) is 6.61 Å². The van der Waals surface area contributed by atoms with Crippen molar-refractivity contribution < 1.29 is 9.53 Å². The molecule has 1 unspecified atom stereocenters. The van der Waals surface area contributed by atoms with E-state index in [0.717, 1.165) is 5.56 Å². The van der Waals surface area contributed by atoms with Crippen LogP contribution < -0.4 is 15.4 Å². The number of hydrogen-bond donors (Lipinski definition) is 2. The van der Waals surface area contributed by atoms with Gasteiger partial charge in [-0.2, -0.15) is 0 Å². The number of nitrogens with one attached hydrogen (secondary N) is 2. The Morgan fingerprint density at radius 2 is 1.96 bits per heavy atom. The summed E-state index contributed by atoms with van der Waals surface area (Å²) in [6, 6.07) is 14.9. The summed E-state index contributed by atoms with van der Waals surface area (Å²) in [5.41, 5.74) is 1.61. The van der Waals surface area contributed by atoms with E-state index < -0.39 is 0 Å². The van der Waals surface area contributed by atoms with Gasteiger partial charge in [0.1, 0.15) is 12.4 Å². The van der Waals surface area contributed by atoms with Gasteiger partial charge in [0.2, 0.25) is 0 Å². The van der Waals surface area contributed by atoms with Gasteiger partial charge in [-0.05, 0) is 49.9 Å². The van der Waals surface area contributed by atoms with Crippen LogP contribution in [0.4, 0.5) is 0 Å². The zero-order valence-electron chi connectivity index (χ0n) is 13.3. The second kappa shape index (κ2) is 8.56. The lowest BCUT2D eigenvalue weighted by Crippen LogP contribution is -2.37. The molecule has 0 fully saturated rings. The average molecular weight is 333 g/mol. The Hall–Kier alpha value is -2.04. The molecule has 1 atom stereocenters. The molecule has 0 aliphatic rings. The molecule has 4 nitrogen and oxygen atoms in total. The van der Waals surface area contributed by atoms with Gasteiger partial charge in [0.15, 0.2) is 0 Å². The van der Waals surface area contributed by atoms with Crippen LogP contribution in [0, 0.1) is 0 Å². The van der Waals surface area contributed by atoms with Crippen molar-refractivity contribution in [2.45, 2.75) is 19.6 Å². The second-order valence-electron chi connectivity index (χ2n) is 5.34. The SMILES string of the molecule is CNC(C)CNC(=O)c1cccc(OCc2ccc(Cl)cc2)c1. The third-order valence-corrected chi connectivity index (χ3v) is 3.73. The average Bonchev–Trinajstić information content (AvgIpc) is 2.59. The van der Waals surface area contributed by atoms with Crippen LogP contribution in [0.2, 0.25) is 5.02 Å². The zero-order valence-corrected chi connectivity index (χ0v) is 14.1. The van der Waals surface area contributed by atoms with Gasteiger partial charge in [-0.1, -0.05) is 29.8 Å². The first-order valence-corrected chi connectivity index (χ1v) is 7.89. The van der Waals surface area contributed by atoms with Crippen LogP contribution >= 0.6 is 11.6 Å². The topological polar surface area (TPSA) is 50.4 Å². The minimum absolute atomic E-state index is 0.107. The van der Waals surface area contributed by atoms with Crippen molar-refractivity contribution in [2.75, 3.05) is 13.6 Å². The number of carbonyl (C=O) groups is 1. The van der Waals surface area contributed by atoms with Crippen molar-refractivity contribution in [2.24, 2.45) is 0 Å². The predicted octanol–water partition coefficient (Wildman–Crippen LogP) is 3.26. The molecule has 23 heavy (non-hydrogen) atoms. The minimum atomic E-state index is -0.107. The molecule has 0 aromatic heterocycles. The molecule has 2 N–H and O–H groups in total. The van der Waals surface area contributed by atoms with Gasteiger partial charge in [0.05, 0.1) is 0 Å². The summed E-state index contributed by atoms with van der Waals surface area (Å²) >= 11 is 5.86. The molecule has 0 bridgehead atoms. The summed E-state index contributed by atoms with van der Waals surface area (Å²) in [4.78, 5) is 12.1. The quantitative estimate of drug-likeness (QED) is 0.818. The van der Waals surface area contributed by atoms with E-state index in [1.54, 1.807) is 12.1 Å². The van der Waals surface area contributed by atoms with E-state index in [9.17, 15) is 4.79 Å². The van der Waals surface area contributed by atoms with E-state index in [2.05, 4.69) is 10.6 Å². The van der Waals surface area contributed by atoms with Crippen molar-refractivity contribution in [3.8, 4) is 5.75 Å². The fraction of sp³-hybridized carbons (Fsp3) is 0.278. The van der Waals surface area contributed by atoms with Crippen molar-refractivity contribution in [3.63, 3.8) is 0 Å². The van der Waals surface area contributed by atoms with Crippen molar-refractivity contribution in [3.05, 3.63) is 64.7 Å². The lowest BCUT2D eigenvalue weighted by molar-refractivity contribution is 0.0950. The smallest absolute Gasteiger partial charge is 0.251 e. The first-order chi connectivity index (χ1) is 11.1. The Morgan fingerprint density at radius 1 is 1.22 bits per heavy atom. The monoisotopic (exact) mass is 332 g/mol. The highest BCUT2D eigenvalue weighted by Crippen LogP contribution is 2.16. The lowest BCUT2D eigenvalue weighted by atomic mass is 10.2. The number of carbonyl (C=O) groups excluding carboxylic acids is 1. The Labute approximate surface area is 141 Å². The number of halogens is 1. The summed E-state index contributed by atoms with van der Waals surface area (Å²) < 4.78 is 5.73. The van der Waals surface area contributed by atoms with Crippen LogP contribution in [0.25, 0.3) is 0 Å². The van der Waals surface area contributed by atoms with Gasteiger partial charge in [0.25, 0.3) is 5.91 Å². The van der Waals surface area contributed by atoms with E-state index in [-0.39, 0.29) is 11.9 Å². The first kappa shape index (κ1) is 17.3. The number of likely N-dealkylation sites (N-methyl/N-ethyl adjacent to an activating group) is 1. The highest BCUT2D eigenvalue weighted by Gasteiger charge is 2.08.